The van der Waals surface area contributed by atoms with E-state index < -0.39 is 12.1 Å². The Bertz CT molecular complexity index is 1100. The molecular formula is C22H17BrCl3F3N2OS. The minimum absolute atomic E-state index is 0.00618. The zero-order chi connectivity index (χ0) is 24.5. The Kier molecular flexibility index (Phi) is 8.38. The van der Waals surface area contributed by atoms with Gasteiger partial charge < -0.3 is 0 Å². The Labute approximate surface area is 218 Å². The number of benzene rings is 2. The second-order valence-corrected chi connectivity index (χ2v) is 9.99. The molecule has 1 aliphatic carbocycles. The molecule has 0 heterocycles. The van der Waals surface area contributed by atoms with Crippen LogP contribution in [0.4, 0.5) is 13.2 Å². The molecule has 1 fully saturated rings. The minimum Gasteiger partial charge on any atom is -0.281 e. The molecule has 1 N–H and O–H groups in total. The number of thiocarbonyl (C=S) groups is 1. The van der Waals surface area contributed by atoms with E-state index in [4.69, 9.17) is 47.0 Å². The van der Waals surface area contributed by atoms with Gasteiger partial charge >= 0.3 is 6.18 Å². The molecule has 1 atom stereocenters. The van der Waals surface area contributed by atoms with Gasteiger partial charge in [-0.3, -0.25) is 15.2 Å². The summed E-state index contributed by atoms with van der Waals surface area (Å²) in [5.41, 5.74) is 3.35. The Morgan fingerprint density at radius 3 is 2.33 bits per heavy atom. The van der Waals surface area contributed by atoms with Gasteiger partial charge in [0.15, 0.2) is 0 Å². The van der Waals surface area contributed by atoms with Gasteiger partial charge in [-0.25, -0.2) is 0 Å². The third kappa shape index (κ3) is 6.63. The summed E-state index contributed by atoms with van der Waals surface area (Å²) in [6, 6.07) is 6.91. The van der Waals surface area contributed by atoms with Crippen LogP contribution in [0.3, 0.4) is 0 Å². The Morgan fingerprint density at radius 1 is 1.21 bits per heavy atom. The molecule has 0 saturated heterocycles. The van der Waals surface area contributed by atoms with Crippen LogP contribution in [-0.2, 0) is 0 Å². The predicted molar refractivity (Wildman–Crippen MR) is 134 cm³/mol. The summed E-state index contributed by atoms with van der Waals surface area (Å²) in [7, 11) is 1.68. The SMILES string of the molecule is CN(NC(=O)c1ccc(/C=C/C(c2cc(Cl)c(Cl)c(Cl)c2)C(F)(F)F)cc1Br)C(=S)C1CC1. The molecule has 1 unspecified atom stereocenters. The van der Waals surface area contributed by atoms with E-state index in [1.807, 2.05) is 0 Å². The van der Waals surface area contributed by atoms with E-state index in [2.05, 4.69) is 21.4 Å². The molecule has 1 amide bonds. The van der Waals surface area contributed by atoms with Crippen molar-refractivity contribution >= 4 is 79.9 Å². The number of carbonyl (C=O) groups is 1. The van der Waals surface area contributed by atoms with Gasteiger partial charge in [0.25, 0.3) is 5.91 Å². The Hall–Kier alpha value is -1.32. The lowest BCUT2D eigenvalue weighted by Gasteiger charge is -2.21. The van der Waals surface area contributed by atoms with Crippen LogP contribution < -0.4 is 5.43 Å². The van der Waals surface area contributed by atoms with Crippen LogP contribution in [0.5, 0.6) is 0 Å². The number of hydrogen-bond acceptors (Lipinski definition) is 2. The van der Waals surface area contributed by atoms with Gasteiger partial charge in [-0.05, 0) is 64.2 Å². The van der Waals surface area contributed by atoms with E-state index in [-0.39, 0.29) is 26.5 Å². The van der Waals surface area contributed by atoms with Gasteiger partial charge in [0.05, 0.1) is 31.5 Å². The molecule has 2 aromatic rings. The first-order valence-electron chi connectivity index (χ1n) is 9.66. The van der Waals surface area contributed by atoms with Gasteiger partial charge in [-0.1, -0.05) is 65.2 Å². The molecule has 0 aliphatic heterocycles. The number of allylic oxidation sites excluding steroid dienone is 1. The molecule has 11 heteroatoms. The number of amides is 1. The molecule has 33 heavy (non-hydrogen) atoms. The number of nitrogens with one attached hydrogen (secondary N) is 1. The van der Waals surface area contributed by atoms with E-state index in [0.29, 0.717) is 26.5 Å². The second kappa shape index (κ2) is 10.5. The average molecular weight is 601 g/mol. The van der Waals surface area contributed by atoms with Gasteiger partial charge in [-0.2, -0.15) is 13.2 Å². The van der Waals surface area contributed by atoms with Gasteiger partial charge in [-0.15, -0.1) is 0 Å². The highest BCUT2D eigenvalue weighted by Crippen LogP contribution is 2.41. The maximum Gasteiger partial charge on any atom is 0.399 e. The van der Waals surface area contributed by atoms with Crippen LogP contribution in [0.15, 0.2) is 40.9 Å². The fraction of sp³-hybridized carbons (Fsp3) is 0.273. The lowest BCUT2D eigenvalue weighted by Crippen LogP contribution is -2.43. The highest BCUT2D eigenvalue weighted by molar-refractivity contribution is 9.10. The summed E-state index contributed by atoms with van der Waals surface area (Å²) < 4.78 is 41.6. The topological polar surface area (TPSA) is 32.3 Å². The summed E-state index contributed by atoms with van der Waals surface area (Å²) >= 11 is 26.3. The van der Waals surface area contributed by atoms with Crippen molar-refractivity contribution < 1.29 is 18.0 Å². The maximum absolute atomic E-state index is 13.7. The van der Waals surface area contributed by atoms with Crippen LogP contribution >= 0.6 is 63.0 Å². The lowest BCUT2D eigenvalue weighted by atomic mass is 9.97. The smallest absolute Gasteiger partial charge is 0.281 e. The normalized spacial score (nSPS) is 14.9. The minimum atomic E-state index is -4.58. The van der Waals surface area contributed by atoms with Gasteiger partial charge in [0.2, 0.25) is 0 Å². The number of nitrogens with zero attached hydrogens (tertiary/aromatic N) is 1. The van der Waals surface area contributed by atoms with Crippen LogP contribution in [0, 0.1) is 5.92 Å². The van der Waals surface area contributed by atoms with E-state index in [1.54, 1.807) is 19.2 Å². The molecule has 3 nitrogen and oxygen atoms in total. The van der Waals surface area contributed by atoms with E-state index >= 15 is 0 Å². The van der Waals surface area contributed by atoms with Crippen molar-refractivity contribution in [2.75, 3.05) is 7.05 Å². The molecule has 0 spiro atoms. The monoisotopic (exact) mass is 598 g/mol. The lowest BCUT2D eigenvalue weighted by molar-refractivity contribution is -0.139. The van der Waals surface area contributed by atoms with Crippen molar-refractivity contribution in [2.45, 2.75) is 24.9 Å². The predicted octanol–water partition coefficient (Wildman–Crippen LogP) is 8.08. The number of halogens is 7. The molecule has 1 aliphatic rings. The molecule has 1 saturated carbocycles. The van der Waals surface area contributed by atoms with Crippen LogP contribution in [0.2, 0.25) is 15.1 Å². The second-order valence-electron chi connectivity index (χ2n) is 7.53. The van der Waals surface area contributed by atoms with Crippen molar-refractivity contribution in [1.29, 1.82) is 0 Å². The van der Waals surface area contributed by atoms with Crippen LogP contribution in [0.25, 0.3) is 6.08 Å². The fourth-order valence-electron chi connectivity index (χ4n) is 3.06. The van der Waals surface area contributed by atoms with Crippen molar-refractivity contribution in [3.05, 3.63) is 72.6 Å². The largest absolute Gasteiger partial charge is 0.399 e. The Morgan fingerprint density at radius 2 is 1.82 bits per heavy atom. The summed E-state index contributed by atoms with van der Waals surface area (Å²) in [4.78, 5) is 13.2. The first kappa shape index (κ1) is 26.3. The van der Waals surface area contributed by atoms with E-state index in [9.17, 15) is 18.0 Å². The zero-order valence-corrected chi connectivity index (χ0v) is 21.7. The van der Waals surface area contributed by atoms with E-state index in [1.165, 1.54) is 17.2 Å². The van der Waals surface area contributed by atoms with Crippen molar-refractivity contribution in [3.8, 4) is 0 Å². The highest BCUT2D eigenvalue weighted by Gasteiger charge is 2.39. The summed E-state index contributed by atoms with van der Waals surface area (Å²) in [6.45, 7) is 0. The molecule has 0 bridgehead atoms. The number of carbonyl (C=O) groups excluding carboxylic acids is 1. The standard InChI is InChI=1S/C22H17BrCl3F3N2OS/c1-31(21(33)12-4-5-12)30-20(32)14-6-2-11(8-16(14)23)3-7-15(22(27,28)29)13-9-17(24)19(26)18(25)10-13/h2-3,6-10,12,15H,4-5H2,1H3,(H,30,32)/b7-3+. The van der Waals surface area contributed by atoms with Gasteiger partial charge in [0.1, 0.15) is 0 Å². The molecule has 0 radical (unpaired) electrons. The van der Waals surface area contributed by atoms with Gasteiger partial charge in [0, 0.05) is 17.4 Å². The third-order valence-electron chi connectivity index (χ3n) is 4.96. The average Bonchev–Trinajstić information content (AvgIpc) is 3.55. The number of alkyl halides is 3. The third-order valence-corrected chi connectivity index (χ3v) is 7.42. The molecular weight excluding hydrogens is 584 g/mol. The number of hydrogen-bond donors (Lipinski definition) is 1. The van der Waals surface area contributed by atoms with E-state index in [0.717, 1.165) is 31.1 Å². The van der Waals surface area contributed by atoms with Crippen LogP contribution in [0.1, 0.15) is 40.2 Å². The quantitative estimate of drug-likeness (QED) is 0.214. The molecule has 0 aromatic heterocycles. The number of hydrazine groups is 1. The molecule has 176 valence electrons. The highest BCUT2D eigenvalue weighted by atomic mass is 79.9. The fourth-order valence-corrected chi connectivity index (χ4v) is 4.53. The molecule has 2 aromatic carbocycles. The zero-order valence-electron chi connectivity index (χ0n) is 17.0. The van der Waals surface area contributed by atoms with Crippen LogP contribution in [-0.4, -0.2) is 29.1 Å². The maximum atomic E-state index is 13.7. The number of rotatable bonds is 5. The summed E-state index contributed by atoms with van der Waals surface area (Å²) in [6.07, 6.45) is -0.249. The molecule has 3 rings (SSSR count). The summed E-state index contributed by atoms with van der Waals surface area (Å²) in [5, 5.41) is 1.39. The first-order chi connectivity index (χ1) is 15.4. The van der Waals surface area contributed by atoms with Crippen molar-refractivity contribution in [1.82, 2.24) is 10.4 Å². The van der Waals surface area contributed by atoms with Crippen molar-refractivity contribution in [3.63, 3.8) is 0 Å². The first-order valence-corrected chi connectivity index (χ1v) is 12.0. The summed E-state index contributed by atoms with van der Waals surface area (Å²) in [5.74, 6) is -2.03. The van der Waals surface area contributed by atoms with Crippen molar-refractivity contribution in [2.24, 2.45) is 5.92 Å². The Balaban J connectivity index is 1.80.